The Morgan fingerprint density at radius 3 is 2.65 bits per heavy atom. The number of hydrogen-bond donors (Lipinski definition) is 0. The van der Waals surface area contributed by atoms with Crippen molar-refractivity contribution in [3.05, 3.63) is 38.9 Å². The molecule has 0 unspecified atom stereocenters. The van der Waals surface area contributed by atoms with Gasteiger partial charge in [-0.05, 0) is 23.6 Å². The molecule has 0 spiro atoms. The van der Waals surface area contributed by atoms with Crippen molar-refractivity contribution in [1.82, 2.24) is 0 Å². The highest BCUT2D eigenvalue weighted by Crippen LogP contribution is 2.24. The number of halogens is 1. The summed E-state index contributed by atoms with van der Waals surface area (Å²) in [5, 5.41) is 10.7. The van der Waals surface area contributed by atoms with Crippen molar-refractivity contribution in [2.75, 3.05) is 7.11 Å². The van der Waals surface area contributed by atoms with Crippen LogP contribution in [0.15, 0.2) is 12.1 Å². The first kappa shape index (κ1) is 13.4. The second kappa shape index (κ2) is 5.63. The fraction of sp³-hybridized carbons (Fsp3) is 0.364. The molecule has 0 aliphatic carbocycles. The van der Waals surface area contributed by atoms with E-state index >= 15 is 0 Å². The summed E-state index contributed by atoms with van der Waals surface area (Å²) in [6.07, 6.45) is -0.0128. The molecule has 0 saturated heterocycles. The minimum Gasteiger partial charge on any atom is -0.469 e. The number of carbonyl (C=O) groups excluding carboxylic acids is 1. The zero-order valence-corrected chi connectivity index (χ0v) is 10.3. The van der Waals surface area contributed by atoms with Crippen LogP contribution in [0.5, 0.6) is 0 Å². The molecule has 0 aliphatic heterocycles. The maximum absolute atomic E-state index is 11.2. The Morgan fingerprint density at radius 2 is 2.18 bits per heavy atom. The van der Waals surface area contributed by atoms with Gasteiger partial charge in [-0.1, -0.05) is 0 Å². The number of aryl methyl sites for hydroxylation is 1. The van der Waals surface area contributed by atoms with Gasteiger partial charge in [0.05, 0.1) is 18.5 Å². The van der Waals surface area contributed by atoms with Gasteiger partial charge < -0.3 is 4.74 Å². The van der Waals surface area contributed by atoms with Gasteiger partial charge in [0.2, 0.25) is 0 Å². The number of non-ortho nitro benzene ring substituents is 1. The van der Waals surface area contributed by atoms with Crippen LogP contribution >= 0.6 is 11.6 Å². The molecule has 0 saturated carbocycles. The van der Waals surface area contributed by atoms with Gasteiger partial charge in [0.15, 0.2) is 0 Å². The lowest BCUT2D eigenvalue weighted by Gasteiger charge is -2.09. The van der Waals surface area contributed by atoms with Crippen molar-refractivity contribution in [1.29, 1.82) is 0 Å². The highest BCUT2D eigenvalue weighted by molar-refractivity contribution is 6.17. The zero-order chi connectivity index (χ0) is 13.0. The van der Waals surface area contributed by atoms with Gasteiger partial charge >= 0.3 is 5.97 Å². The van der Waals surface area contributed by atoms with Crippen LogP contribution in [0.3, 0.4) is 0 Å². The highest BCUT2D eigenvalue weighted by atomic mass is 35.5. The molecular weight excluding hydrogens is 246 g/mol. The Morgan fingerprint density at radius 1 is 1.53 bits per heavy atom. The quantitative estimate of drug-likeness (QED) is 0.359. The minimum atomic E-state index is -0.494. The van der Waals surface area contributed by atoms with E-state index in [0.717, 1.165) is 5.56 Å². The predicted molar refractivity (Wildman–Crippen MR) is 63.1 cm³/mol. The SMILES string of the molecule is COC(=O)Cc1cc([N+](=O)[O-])cc(C)c1CCl. The van der Waals surface area contributed by atoms with Crippen LogP contribution in [0.2, 0.25) is 0 Å². The fourth-order valence-electron chi connectivity index (χ4n) is 1.55. The normalized spacial score (nSPS) is 10.1. The lowest BCUT2D eigenvalue weighted by atomic mass is 10.00. The summed E-state index contributed by atoms with van der Waals surface area (Å²) in [4.78, 5) is 21.4. The number of benzene rings is 1. The Kier molecular flexibility index (Phi) is 4.45. The van der Waals surface area contributed by atoms with Crippen molar-refractivity contribution in [3.8, 4) is 0 Å². The number of nitro benzene ring substituents is 1. The average molecular weight is 258 g/mol. The van der Waals surface area contributed by atoms with Gasteiger partial charge in [-0.3, -0.25) is 14.9 Å². The molecule has 0 bridgehead atoms. The third kappa shape index (κ3) is 3.17. The average Bonchev–Trinajstić information content (AvgIpc) is 2.28. The van der Waals surface area contributed by atoms with E-state index in [1.807, 2.05) is 0 Å². The van der Waals surface area contributed by atoms with Crippen molar-refractivity contribution < 1.29 is 14.5 Å². The number of alkyl halides is 1. The molecule has 92 valence electrons. The van der Waals surface area contributed by atoms with Gasteiger partial charge in [-0.15, -0.1) is 11.6 Å². The number of nitro groups is 1. The molecule has 0 fully saturated rings. The number of esters is 1. The molecule has 5 nitrogen and oxygen atoms in total. The predicted octanol–water partition coefficient (Wildman–Crippen LogP) is 2.36. The van der Waals surface area contributed by atoms with Gasteiger partial charge in [-0.25, -0.2) is 0 Å². The molecule has 17 heavy (non-hydrogen) atoms. The van der Waals surface area contributed by atoms with Gasteiger partial charge in [0.1, 0.15) is 0 Å². The summed E-state index contributed by atoms with van der Waals surface area (Å²) in [5.74, 6) is -0.243. The topological polar surface area (TPSA) is 69.4 Å². The van der Waals surface area contributed by atoms with E-state index in [2.05, 4.69) is 4.74 Å². The first-order valence-corrected chi connectivity index (χ1v) is 5.42. The molecule has 1 aromatic rings. The second-order valence-electron chi connectivity index (χ2n) is 3.54. The Hall–Kier alpha value is -1.62. The first-order chi connectivity index (χ1) is 7.99. The molecule has 0 heterocycles. The smallest absolute Gasteiger partial charge is 0.309 e. The molecule has 1 rings (SSSR count). The molecule has 1 aromatic carbocycles. The number of methoxy groups -OCH3 is 1. The fourth-order valence-corrected chi connectivity index (χ4v) is 1.93. The van der Waals surface area contributed by atoms with E-state index in [1.54, 1.807) is 6.92 Å². The van der Waals surface area contributed by atoms with Crippen molar-refractivity contribution >= 4 is 23.3 Å². The van der Waals surface area contributed by atoms with Crippen LogP contribution in [-0.4, -0.2) is 18.0 Å². The standard InChI is InChI=1S/C11H12ClNO4/c1-7-3-9(13(15)16)4-8(10(7)6-12)5-11(14)17-2/h3-4H,5-6H2,1-2H3. The summed E-state index contributed by atoms with van der Waals surface area (Å²) in [6, 6.07) is 2.81. The minimum absolute atomic E-state index is 0.0128. The Balaban J connectivity index is 3.23. The van der Waals surface area contributed by atoms with Crippen molar-refractivity contribution in [3.63, 3.8) is 0 Å². The Labute approximate surface area is 103 Å². The van der Waals surface area contributed by atoms with Crippen LogP contribution in [0.1, 0.15) is 16.7 Å². The number of rotatable bonds is 4. The third-order valence-corrected chi connectivity index (χ3v) is 2.72. The molecule has 0 amide bonds. The van der Waals surface area contributed by atoms with E-state index in [1.165, 1.54) is 19.2 Å². The molecule has 0 radical (unpaired) electrons. The Bertz CT molecular complexity index is 459. The van der Waals surface area contributed by atoms with E-state index in [4.69, 9.17) is 11.6 Å². The van der Waals surface area contributed by atoms with Gasteiger partial charge in [-0.2, -0.15) is 0 Å². The molecular formula is C11H12ClNO4. The lowest BCUT2D eigenvalue weighted by molar-refractivity contribution is -0.385. The van der Waals surface area contributed by atoms with Crippen LogP contribution in [0.4, 0.5) is 5.69 Å². The van der Waals surface area contributed by atoms with Crippen molar-refractivity contribution in [2.24, 2.45) is 0 Å². The number of hydrogen-bond acceptors (Lipinski definition) is 4. The van der Waals surface area contributed by atoms with Gasteiger partial charge in [0, 0.05) is 18.0 Å². The van der Waals surface area contributed by atoms with E-state index in [9.17, 15) is 14.9 Å². The zero-order valence-electron chi connectivity index (χ0n) is 9.53. The molecule has 0 aromatic heterocycles. The van der Waals surface area contributed by atoms with Crippen LogP contribution < -0.4 is 0 Å². The van der Waals surface area contributed by atoms with E-state index in [-0.39, 0.29) is 18.0 Å². The van der Waals surface area contributed by atoms with E-state index in [0.29, 0.717) is 11.1 Å². The number of ether oxygens (including phenoxy) is 1. The number of carbonyl (C=O) groups is 1. The van der Waals surface area contributed by atoms with Crippen LogP contribution in [-0.2, 0) is 21.8 Å². The van der Waals surface area contributed by atoms with Crippen LogP contribution in [0, 0.1) is 17.0 Å². The summed E-state index contributed by atoms with van der Waals surface area (Å²) in [6.45, 7) is 1.73. The largest absolute Gasteiger partial charge is 0.469 e. The van der Waals surface area contributed by atoms with Gasteiger partial charge in [0.25, 0.3) is 5.69 Å². The van der Waals surface area contributed by atoms with Crippen LogP contribution in [0.25, 0.3) is 0 Å². The second-order valence-corrected chi connectivity index (χ2v) is 3.81. The van der Waals surface area contributed by atoms with E-state index < -0.39 is 10.9 Å². The molecule has 0 atom stereocenters. The first-order valence-electron chi connectivity index (χ1n) is 4.89. The summed E-state index contributed by atoms with van der Waals surface area (Å²) >= 11 is 5.77. The third-order valence-electron chi connectivity index (χ3n) is 2.46. The monoisotopic (exact) mass is 257 g/mol. The maximum Gasteiger partial charge on any atom is 0.309 e. The summed E-state index contributed by atoms with van der Waals surface area (Å²) < 4.78 is 4.54. The van der Waals surface area contributed by atoms with Crippen molar-refractivity contribution in [2.45, 2.75) is 19.2 Å². The molecule has 0 aliphatic rings. The number of nitrogens with zero attached hydrogens (tertiary/aromatic N) is 1. The maximum atomic E-state index is 11.2. The molecule has 0 N–H and O–H groups in total. The summed E-state index contributed by atoms with van der Waals surface area (Å²) in [5.41, 5.74) is 1.93. The highest BCUT2D eigenvalue weighted by Gasteiger charge is 2.16. The summed E-state index contributed by atoms with van der Waals surface area (Å²) in [7, 11) is 1.27. The lowest BCUT2D eigenvalue weighted by Crippen LogP contribution is -2.08. The molecule has 6 heteroatoms.